The molecule has 11 rings (SSSR count). The quantitative estimate of drug-likeness (QED) is 0.162. The molecule has 5 atom stereocenters. The second-order valence-electron chi connectivity index (χ2n) is 16.6. The average Bonchev–Trinajstić information content (AvgIpc) is 4.14. The highest BCUT2D eigenvalue weighted by atomic mass is 16.3. The molecule has 4 fully saturated rings. The predicted octanol–water partition coefficient (Wildman–Crippen LogP) is 7.78. The number of benzene rings is 4. The SMILES string of the molecule is CCN1CC2CC1CN2C(=O)c1ccc2nc(-c3ccc(-c4ccc(-c5ccc(-c6nc7ccc(C(=O)N8CC9[C@@H](C)C8CN9CC)cc7[nH]6)cc5)o4)cc3)[nH]c2c1. The maximum absolute atomic E-state index is 13.6. The Morgan fingerprint density at radius 2 is 1.14 bits per heavy atom. The number of likely N-dealkylation sites (tertiary alicyclic amines) is 4. The number of amides is 2. The Balaban J connectivity index is 0.757. The zero-order valence-electron chi connectivity index (χ0n) is 33.0. The highest BCUT2D eigenvalue weighted by Crippen LogP contribution is 2.38. The summed E-state index contributed by atoms with van der Waals surface area (Å²) in [5.74, 6) is 3.78. The first-order valence-electron chi connectivity index (χ1n) is 20.7. The minimum atomic E-state index is 0.105. The van der Waals surface area contributed by atoms with E-state index in [-0.39, 0.29) is 17.9 Å². The Morgan fingerprint density at radius 3 is 1.62 bits per heavy atom. The van der Waals surface area contributed by atoms with Crippen molar-refractivity contribution in [2.45, 2.75) is 51.4 Å². The second-order valence-corrected chi connectivity index (χ2v) is 16.6. The van der Waals surface area contributed by atoms with Crippen molar-refractivity contribution in [1.29, 1.82) is 0 Å². The lowest BCUT2D eigenvalue weighted by atomic mass is 10.0. The van der Waals surface area contributed by atoms with Gasteiger partial charge in [-0.15, -0.1) is 0 Å². The summed E-state index contributed by atoms with van der Waals surface area (Å²) in [6.07, 6.45) is 1.08. The summed E-state index contributed by atoms with van der Waals surface area (Å²) in [6, 6.07) is 33.4. The fourth-order valence-corrected chi connectivity index (χ4v) is 10.2. The molecule has 0 spiro atoms. The Bertz CT molecular complexity index is 2710. The van der Waals surface area contributed by atoms with Crippen LogP contribution >= 0.6 is 0 Å². The standard InChI is InChI=1S/C47H46N8O3/c1-4-52-23-35-22-34(52)24-54(35)46(56)32-14-16-36-38(20-32)50-44(48-36)30-10-6-28(7-11-30)42-18-19-43(58-42)29-8-12-31(13-9-29)45-49-37-17-15-33(21-39(37)51-45)47(57)55-26-40-27(3)41(55)25-53(40)5-2/h6-21,27,34-35,40-41H,4-5,22-26H2,1-3H3,(H,48,50)(H,49,51)/t27-,34?,35?,40?,41?/m1/s1. The molecule has 0 aliphatic carbocycles. The van der Waals surface area contributed by atoms with Crippen molar-refractivity contribution >= 4 is 33.9 Å². The lowest BCUT2D eigenvalue weighted by Crippen LogP contribution is -2.48. The number of aromatic nitrogens is 4. The number of carbonyl (C=O) groups is 2. The van der Waals surface area contributed by atoms with Gasteiger partial charge in [-0.3, -0.25) is 19.4 Å². The fraction of sp³-hybridized carbons (Fsp3) is 0.319. The number of piperazine rings is 2. The van der Waals surface area contributed by atoms with Gasteiger partial charge in [0.25, 0.3) is 11.8 Å². The van der Waals surface area contributed by atoms with E-state index in [1.165, 1.54) is 0 Å². The van der Waals surface area contributed by atoms with Gasteiger partial charge in [-0.05, 0) is 74.0 Å². The van der Waals surface area contributed by atoms with Crippen molar-refractivity contribution in [2.24, 2.45) is 5.92 Å². The Labute approximate surface area is 336 Å². The van der Waals surface area contributed by atoms with Crippen molar-refractivity contribution < 1.29 is 14.0 Å². The Hall–Kier alpha value is -6.04. The number of furan rings is 1. The molecule has 4 unspecified atom stereocenters. The van der Waals surface area contributed by atoms with Crippen molar-refractivity contribution in [3.05, 3.63) is 108 Å². The van der Waals surface area contributed by atoms with E-state index in [0.29, 0.717) is 35.2 Å². The second kappa shape index (κ2) is 13.5. The average molecular weight is 771 g/mol. The van der Waals surface area contributed by atoms with Gasteiger partial charge in [0.1, 0.15) is 23.2 Å². The fourth-order valence-electron chi connectivity index (χ4n) is 10.2. The molecule has 2 amide bonds. The summed E-state index contributed by atoms with van der Waals surface area (Å²) in [7, 11) is 0. The molecule has 4 aromatic carbocycles. The molecule has 0 radical (unpaired) electrons. The lowest BCUT2D eigenvalue weighted by molar-refractivity contribution is 0.0623. The summed E-state index contributed by atoms with van der Waals surface area (Å²) < 4.78 is 6.34. The first kappa shape index (κ1) is 35.1. The molecule has 0 saturated carbocycles. The zero-order valence-corrected chi connectivity index (χ0v) is 33.0. The van der Waals surface area contributed by atoms with Crippen LogP contribution in [-0.2, 0) is 0 Å². The minimum Gasteiger partial charge on any atom is -0.456 e. The third-order valence-electron chi connectivity index (χ3n) is 13.5. The molecule has 4 bridgehead atoms. The highest BCUT2D eigenvalue weighted by Gasteiger charge is 2.50. The van der Waals surface area contributed by atoms with E-state index in [4.69, 9.17) is 14.4 Å². The number of nitrogens with zero attached hydrogens (tertiary/aromatic N) is 6. The molecule has 58 heavy (non-hydrogen) atoms. The molecule has 292 valence electrons. The monoisotopic (exact) mass is 770 g/mol. The Kier molecular flexibility index (Phi) is 8.20. The highest BCUT2D eigenvalue weighted by molar-refractivity contribution is 5.99. The van der Waals surface area contributed by atoms with Gasteiger partial charge in [0.05, 0.1) is 22.1 Å². The largest absolute Gasteiger partial charge is 0.456 e. The molecule has 4 aliphatic rings. The number of fused-ring (bicyclic) bond motifs is 6. The van der Waals surface area contributed by atoms with E-state index in [1.807, 2.05) is 97.1 Å². The minimum absolute atomic E-state index is 0.105. The smallest absolute Gasteiger partial charge is 0.254 e. The number of carbonyl (C=O) groups excluding carboxylic acids is 2. The van der Waals surface area contributed by atoms with Crippen LogP contribution in [0.1, 0.15) is 47.9 Å². The lowest BCUT2D eigenvalue weighted by Gasteiger charge is -2.33. The van der Waals surface area contributed by atoms with Crippen molar-refractivity contribution in [1.82, 2.24) is 39.5 Å². The number of likely N-dealkylation sites (N-methyl/N-ethyl adjacent to an activating group) is 2. The molecular weight excluding hydrogens is 725 g/mol. The van der Waals surface area contributed by atoms with Gasteiger partial charge in [-0.1, -0.05) is 69.3 Å². The molecule has 7 aromatic rings. The number of rotatable bonds is 8. The number of hydrogen-bond donors (Lipinski definition) is 2. The predicted molar refractivity (Wildman–Crippen MR) is 225 cm³/mol. The van der Waals surface area contributed by atoms with Crippen LogP contribution in [0.2, 0.25) is 0 Å². The van der Waals surface area contributed by atoms with Crippen LogP contribution in [0.25, 0.3) is 67.5 Å². The van der Waals surface area contributed by atoms with Crippen LogP contribution < -0.4 is 0 Å². The van der Waals surface area contributed by atoms with Gasteiger partial charge >= 0.3 is 0 Å². The third kappa shape index (κ3) is 5.70. The number of aromatic amines is 2. The number of H-pyrrole nitrogens is 2. The van der Waals surface area contributed by atoms with E-state index >= 15 is 0 Å². The first-order chi connectivity index (χ1) is 28.3. The van der Waals surface area contributed by atoms with Gasteiger partial charge in [0.15, 0.2) is 0 Å². The van der Waals surface area contributed by atoms with Crippen LogP contribution in [0.4, 0.5) is 0 Å². The molecule has 7 heterocycles. The van der Waals surface area contributed by atoms with Crippen molar-refractivity contribution in [3.63, 3.8) is 0 Å². The molecule has 4 saturated heterocycles. The maximum Gasteiger partial charge on any atom is 0.254 e. The summed E-state index contributed by atoms with van der Waals surface area (Å²) in [6.45, 7) is 12.3. The molecule has 2 N–H and O–H groups in total. The van der Waals surface area contributed by atoms with Crippen LogP contribution in [-0.4, -0.2) is 115 Å². The number of nitrogens with one attached hydrogen (secondary N) is 2. The zero-order chi connectivity index (χ0) is 39.2. The van der Waals surface area contributed by atoms with E-state index in [1.54, 1.807) is 0 Å². The van der Waals surface area contributed by atoms with Gasteiger partial charge in [0.2, 0.25) is 0 Å². The third-order valence-corrected chi connectivity index (χ3v) is 13.5. The van der Waals surface area contributed by atoms with Gasteiger partial charge in [0, 0.05) is 83.7 Å². The molecule has 11 heteroatoms. The summed E-state index contributed by atoms with van der Waals surface area (Å²) in [5, 5.41) is 0. The van der Waals surface area contributed by atoms with E-state index in [0.717, 1.165) is 113 Å². The topological polar surface area (TPSA) is 118 Å². The van der Waals surface area contributed by atoms with Crippen molar-refractivity contribution in [2.75, 3.05) is 39.3 Å². The molecular formula is C47H46N8O3. The van der Waals surface area contributed by atoms with Crippen LogP contribution in [0.15, 0.2) is 101 Å². The molecule has 4 aliphatic heterocycles. The summed E-state index contributed by atoms with van der Waals surface area (Å²) in [5.41, 5.74) is 8.63. The molecule has 11 nitrogen and oxygen atoms in total. The Morgan fingerprint density at radius 1 is 0.603 bits per heavy atom. The van der Waals surface area contributed by atoms with E-state index in [2.05, 4.69) is 50.3 Å². The summed E-state index contributed by atoms with van der Waals surface area (Å²) in [4.78, 5) is 52.8. The van der Waals surface area contributed by atoms with Crippen molar-refractivity contribution in [3.8, 4) is 45.4 Å². The van der Waals surface area contributed by atoms with E-state index < -0.39 is 0 Å². The first-order valence-corrected chi connectivity index (χ1v) is 20.7. The molecule has 3 aromatic heterocycles. The maximum atomic E-state index is 13.6. The van der Waals surface area contributed by atoms with Crippen LogP contribution in [0.3, 0.4) is 0 Å². The number of hydrogen-bond acceptors (Lipinski definition) is 7. The van der Waals surface area contributed by atoms with Gasteiger partial charge < -0.3 is 24.2 Å². The van der Waals surface area contributed by atoms with Crippen LogP contribution in [0.5, 0.6) is 0 Å². The van der Waals surface area contributed by atoms with Crippen LogP contribution in [0, 0.1) is 5.92 Å². The van der Waals surface area contributed by atoms with Gasteiger partial charge in [-0.2, -0.15) is 0 Å². The normalized spacial score (nSPS) is 23.0. The summed E-state index contributed by atoms with van der Waals surface area (Å²) >= 11 is 0. The van der Waals surface area contributed by atoms with E-state index in [9.17, 15) is 9.59 Å². The number of imidazole rings is 2. The van der Waals surface area contributed by atoms with Gasteiger partial charge in [-0.25, -0.2) is 9.97 Å².